The lowest BCUT2D eigenvalue weighted by atomic mass is 10.1. The molecule has 0 aliphatic carbocycles. The van der Waals surface area contributed by atoms with Crippen molar-refractivity contribution in [1.82, 2.24) is 15.0 Å². The molecule has 0 saturated carbocycles. The zero-order chi connectivity index (χ0) is 13.5. The Bertz CT molecular complexity index is 477. The Morgan fingerprint density at radius 1 is 1.26 bits per heavy atom. The lowest BCUT2D eigenvalue weighted by Crippen LogP contribution is -2.03. The Kier molecular flexibility index (Phi) is 5.15. The predicted octanol–water partition coefficient (Wildman–Crippen LogP) is 3.00. The Balaban J connectivity index is 2.02. The summed E-state index contributed by atoms with van der Waals surface area (Å²) in [5.74, 6) is 0.711. The summed E-state index contributed by atoms with van der Waals surface area (Å²) in [6.07, 6.45) is 7.67. The highest BCUT2D eigenvalue weighted by Crippen LogP contribution is 2.23. The third kappa shape index (κ3) is 3.44. The molecule has 0 aliphatic rings. The van der Waals surface area contributed by atoms with Gasteiger partial charge in [-0.2, -0.15) is 0 Å². The lowest BCUT2D eigenvalue weighted by Gasteiger charge is -2.05. The van der Waals surface area contributed by atoms with E-state index in [1.165, 1.54) is 25.7 Å². The van der Waals surface area contributed by atoms with Gasteiger partial charge in [0, 0.05) is 6.54 Å². The van der Waals surface area contributed by atoms with Crippen LogP contribution in [-0.4, -0.2) is 20.1 Å². The van der Waals surface area contributed by atoms with Crippen LogP contribution >= 0.6 is 0 Å². The van der Waals surface area contributed by atoms with Crippen LogP contribution in [0.15, 0.2) is 22.8 Å². The van der Waals surface area contributed by atoms with Gasteiger partial charge in [-0.15, -0.1) is 5.10 Å². The number of unbranched alkanes of at least 4 members (excludes halogenated alkanes) is 4. The maximum Gasteiger partial charge on any atom is 0.153 e. The van der Waals surface area contributed by atoms with E-state index in [-0.39, 0.29) is 6.61 Å². The number of aliphatic hydroxyl groups excluding tert-OH is 1. The smallest absolute Gasteiger partial charge is 0.153 e. The summed E-state index contributed by atoms with van der Waals surface area (Å²) in [4.78, 5) is 0. The molecule has 0 aromatic carbocycles. The van der Waals surface area contributed by atoms with E-state index in [0.29, 0.717) is 11.5 Å². The van der Waals surface area contributed by atoms with Crippen LogP contribution in [0.4, 0.5) is 0 Å². The van der Waals surface area contributed by atoms with Gasteiger partial charge in [-0.3, -0.25) is 0 Å². The molecule has 0 fully saturated rings. The average molecular weight is 263 g/mol. The zero-order valence-corrected chi connectivity index (χ0v) is 11.4. The highest BCUT2D eigenvalue weighted by Gasteiger charge is 2.16. The van der Waals surface area contributed by atoms with Gasteiger partial charge < -0.3 is 9.52 Å². The highest BCUT2D eigenvalue weighted by atomic mass is 16.3. The van der Waals surface area contributed by atoms with E-state index in [9.17, 15) is 5.11 Å². The lowest BCUT2D eigenvalue weighted by molar-refractivity contribution is 0.277. The Morgan fingerprint density at radius 3 is 2.79 bits per heavy atom. The molecule has 5 nitrogen and oxygen atoms in total. The summed E-state index contributed by atoms with van der Waals surface area (Å²) in [6.45, 7) is 2.90. The molecule has 0 bridgehead atoms. The van der Waals surface area contributed by atoms with Gasteiger partial charge in [0.05, 0.1) is 12.9 Å². The maximum atomic E-state index is 9.31. The summed E-state index contributed by atoms with van der Waals surface area (Å²) in [6, 6.07) is 3.69. The molecular formula is C14H21N3O2. The second kappa shape index (κ2) is 7.09. The Labute approximate surface area is 113 Å². The fraction of sp³-hybridized carbons (Fsp3) is 0.571. The minimum absolute atomic E-state index is 0.119. The monoisotopic (exact) mass is 263 g/mol. The minimum atomic E-state index is -0.119. The van der Waals surface area contributed by atoms with Crippen molar-refractivity contribution < 1.29 is 9.52 Å². The van der Waals surface area contributed by atoms with Gasteiger partial charge >= 0.3 is 0 Å². The van der Waals surface area contributed by atoms with Gasteiger partial charge in [-0.25, -0.2) is 4.68 Å². The molecule has 2 aromatic heterocycles. The number of aryl methyl sites for hydroxylation is 1. The summed E-state index contributed by atoms with van der Waals surface area (Å²) >= 11 is 0. The van der Waals surface area contributed by atoms with E-state index in [0.717, 1.165) is 18.7 Å². The molecule has 0 unspecified atom stereocenters. The normalized spacial score (nSPS) is 11.1. The van der Waals surface area contributed by atoms with Crippen molar-refractivity contribution in [3.05, 3.63) is 24.1 Å². The van der Waals surface area contributed by atoms with Gasteiger partial charge in [0.2, 0.25) is 0 Å². The van der Waals surface area contributed by atoms with E-state index in [1.54, 1.807) is 6.26 Å². The molecule has 19 heavy (non-hydrogen) atoms. The van der Waals surface area contributed by atoms with Gasteiger partial charge in [-0.1, -0.05) is 37.8 Å². The second-order valence-corrected chi connectivity index (χ2v) is 4.66. The largest absolute Gasteiger partial charge is 0.463 e. The van der Waals surface area contributed by atoms with Gasteiger partial charge in [0.15, 0.2) is 5.76 Å². The molecule has 0 amide bonds. The quantitative estimate of drug-likeness (QED) is 0.744. The number of nitrogens with zero attached hydrogens (tertiary/aromatic N) is 3. The molecule has 0 saturated heterocycles. The first-order chi connectivity index (χ1) is 9.36. The van der Waals surface area contributed by atoms with Crippen LogP contribution in [0.1, 0.15) is 44.7 Å². The maximum absolute atomic E-state index is 9.31. The van der Waals surface area contributed by atoms with Crippen LogP contribution < -0.4 is 0 Å². The van der Waals surface area contributed by atoms with Crippen LogP contribution in [0.3, 0.4) is 0 Å². The van der Waals surface area contributed by atoms with Crippen molar-refractivity contribution in [2.75, 3.05) is 0 Å². The predicted molar refractivity (Wildman–Crippen MR) is 72.4 cm³/mol. The number of rotatable bonds is 8. The first kappa shape index (κ1) is 13.8. The molecule has 104 valence electrons. The summed E-state index contributed by atoms with van der Waals surface area (Å²) in [5.41, 5.74) is 1.37. The highest BCUT2D eigenvalue weighted by molar-refractivity contribution is 5.54. The van der Waals surface area contributed by atoms with Gasteiger partial charge in [0.1, 0.15) is 11.4 Å². The van der Waals surface area contributed by atoms with Crippen molar-refractivity contribution in [1.29, 1.82) is 0 Å². The molecule has 0 aliphatic heterocycles. The summed E-state index contributed by atoms with van der Waals surface area (Å²) in [5, 5.41) is 17.4. The van der Waals surface area contributed by atoms with Gasteiger partial charge in [0.25, 0.3) is 0 Å². The fourth-order valence-corrected chi connectivity index (χ4v) is 2.16. The molecular weight excluding hydrogens is 242 g/mol. The number of aromatic nitrogens is 3. The van der Waals surface area contributed by atoms with E-state index in [4.69, 9.17) is 4.42 Å². The molecule has 0 radical (unpaired) electrons. The third-order valence-electron chi connectivity index (χ3n) is 3.18. The van der Waals surface area contributed by atoms with E-state index in [2.05, 4.69) is 17.2 Å². The summed E-state index contributed by atoms with van der Waals surface area (Å²) in [7, 11) is 0. The minimum Gasteiger partial charge on any atom is -0.463 e. The van der Waals surface area contributed by atoms with E-state index >= 15 is 0 Å². The average Bonchev–Trinajstić information content (AvgIpc) is 3.06. The summed E-state index contributed by atoms with van der Waals surface area (Å²) < 4.78 is 7.22. The molecule has 0 spiro atoms. The van der Waals surface area contributed by atoms with E-state index < -0.39 is 0 Å². The zero-order valence-electron chi connectivity index (χ0n) is 11.4. The SMILES string of the molecule is CCCCCCCn1nnc(CO)c1-c1ccco1. The van der Waals surface area contributed by atoms with Crippen molar-refractivity contribution in [2.24, 2.45) is 0 Å². The number of hydrogen-bond acceptors (Lipinski definition) is 4. The van der Waals surface area contributed by atoms with Crippen LogP contribution in [0.5, 0.6) is 0 Å². The second-order valence-electron chi connectivity index (χ2n) is 4.66. The number of hydrogen-bond donors (Lipinski definition) is 1. The van der Waals surface area contributed by atoms with Crippen LogP contribution in [0.2, 0.25) is 0 Å². The van der Waals surface area contributed by atoms with E-state index in [1.807, 2.05) is 16.8 Å². The number of aliphatic hydroxyl groups is 1. The van der Waals surface area contributed by atoms with Gasteiger partial charge in [-0.05, 0) is 18.6 Å². The molecule has 2 aromatic rings. The fourth-order valence-electron chi connectivity index (χ4n) is 2.16. The Hall–Kier alpha value is -1.62. The topological polar surface area (TPSA) is 64.1 Å². The molecule has 1 N–H and O–H groups in total. The van der Waals surface area contributed by atoms with Crippen molar-refractivity contribution in [2.45, 2.75) is 52.2 Å². The molecule has 5 heteroatoms. The van der Waals surface area contributed by atoms with Crippen LogP contribution in [0, 0.1) is 0 Å². The first-order valence-corrected chi connectivity index (χ1v) is 6.94. The standard InChI is InChI=1S/C14H21N3O2/c1-2-3-4-5-6-9-17-14(12(11-18)15-16-17)13-8-7-10-19-13/h7-8,10,18H,2-6,9,11H2,1H3. The molecule has 2 rings (SSSR count). The van der Waals surface area contributed by atoms with Crippen LogP contribution in [-0.2, 0) is 13.2 Å². The molecule has 2 heterocycles. The van der Waals surface area contributed by atoms with Crippen molar-refractivity contribution in [3.8, 4) is 11.5 Å². The number of furan rings is 1. The van der Waals surface area contributed by atoms with Crippen LogP contribution in [0.25, 0.3) is 11.5 Å². The first-order valence-electron chi connectivity index (χ1n) is 6.94. The third-order valence-corrected chi connectivity index (χ3v) is 3.18. The van der Waals surface area contributed by atoms with Crippen molar-refractivity contribution in [3.63, 3.8) is 0 Å². The Morgan fingerprint density at radius 2 is 2.11 bits per heavy atom. The van der Waals surface area contributed by atoms with Crippen molar-refractivity contribution >= 4 is 0 Å². The molecule has 0 atom stereocenters.